The molecule has 3 aromatic rings. The van der Waals surface area contributed by atoms with Crippen LogP contribution < -0.4 is 0 Å². The van der Waals surface area contributed by atoms with Crippen LogP contribution in [0.2, 0.25) is 0 Å². The summed E-state index contributed by atoms with van der Waals surface area (Å²) in [6, 6.07) is 0. The summed E-state index contributed by atoms with van der Waals surface area (Å²) in [7, 11) is 0. The van der Waals surface area contributed by atoms with Crippen molar-refractivity contribution >= 4 is 40.4 Å². The third-order valence-corrected chi connectivity index (χ3v) is 5.39. The van der Waals surface area contributed by atoms with Crippen molar-refractivity contribution in [3.05, 3.63) is 24.2 Å². The van der Waals surface area contributed by atoms with Crippen LogP contribution in [-0.2, 0) is 33.3 Å². The molecule has 3 aromatic heterocycles. The van der Waals surface area contributed by atoms with Crippen molar-refractivity contribution in [1.29, 1.82) is 0 Å². The van der Waals surface area contributed by atoms with Crippen LogP contribution in [-0.4, -0.2) is 67.3 Å². The number of aromatic nitrogens is 5. The lowest BCUT2D eigenvalue weighted by atomic mass is 10.1. The number of nitrogens with zero attached hydrogens (tertiary/aromatic N) is 5. The molecule has 32 heavy (non-hydrogen) atoms. The van der Waals surface area contributed by atoms with E-state index < -0.39 is 42.4 Å². The molecule has 1 fully saturated rings. The van der Waals surface area contributed by atoms with Gasteiger partial charge < -0.3 is 18.9 Å². The van der Waals surface area contributed by atoms with Gasteiger partial charge in [-0.3, -0.25) is 19.0 Å². The van der Waals surface area contributed by atoms with E-state index in [1.807, 2.05) is 5.38 Å². The molecule has 0 amide bonds. The number of thiazole rings is 1. The van der Waals surface area contributed by atoms with Crippen molar-refractivity contribution in [1.82, 2.24) is 24.5 Å². The van der Waals surface area contributed by atoms with E-state index in [9.17, 15) is 14.4 Å². The lowest BCUT2D eigenvalue weighted by molar-refractivity contribution is -0.166. The molecular formula is C19H19N5O7S. The van der Waals surface area contributed by atoms with Crippen molar-refractivity contribution in [2.45, 2.75) is 45.3 Å². The Morgan fingerprint density at radius 1 is 1.03 bits per heavy atom. The van der Waals surface area contributed by atoms with Gasteiger partial charge in [-0.2, -0.15) is 0 Å². The SMILES string of the molecule is CC(=O)OC[C@H]1O[C@@H](n2cnc3c(-c4nccs4)ncnc32)[C@H](OC(C)=O)[C@@H]1OC(C)=O. The standard InChI is InChI=1S/C19H19N5O7S/c1-9(25)28-6-12-15(29-10(2)26)16(30-11(3)27)19(31-12)24-8-23-13-14(18-20-4-5-32-18)21-7-22-17(13)24/h4-5,7-8,12,15-16,19H,6H2,1-3H3/t12-,15-,16-,19-/m1/s1. The fourth-order valence-electron chi connectivity index (χ4n) is 3.45. The van der Waals surface area contributed by atoms with Gasteiger partial charge in [0.15, 0.2) is 24.1 Å². The van der Waals surface area contributed by atoms with Crippen LogP contribution in [0, 0.1) is 0 Å². The first-order valence-corrected chi connectivity index (χ1v) is 10.4. The van der Waals surface area contributed by atoms with Gasteiger partial charge in [-0.05, 0) is 0 Å². The molecule has 0 spiro atoms. The number of imidazole rings is 1. The van der Waals surface area contributed by atoms with E-state index in [4.69, 9.17) is 18.9 Å². The van der Waals surface area contributed by atoms with Gasteiger partial charge >= 0.3 is 17.9 Å². The zero-order valence-corrected chi connectivity index (χ0v) is 18.1. The normalized spacial score (nSPS) is 22.6. The second-order valence-electron chi connectivity index (χ2n) is 6.90. The van der Waals surface area contributed by atoms with Crippen LogP contribution >= 0.6 is 11.3 Å². The minimum atomic E-state index is -1.03. The maximum atomic E-state index is 11.8. The van der Waals surface area contributed by atoms with Gasteiger partial charge in [0.25, 0.3) is 0 Å². The highest BCUT2D eigenvalue weighted by Crippen LogP contribution is 2.37. The molecule has 12 nitrogen and oxygen atoms in total. The van der Waals surface area contributed by atoms with Crippen LogP contribution in [0.5, 0.6) is 0 Å². The second kappa shape index (κ2) is 8.96. The van der Waals surface area contributed by atoms with E-state index in [0.717, 1.165) is 0 Å². The number of hydrogen-bond donors (Lipinski definition) is 0. The van der Waals surface area contributed by atoms with E-state index in [1.165, 1.54) is 44.8 Å². The topological polar surface area (TPSA) is 145 Å². The van der Waals surface area contributed by atoms with Gasteiger partial charge in [0.2, 0.25) is 0 Å². The van der Waals surface area contributed by atoms with Crippen LogP contribution in [0.1, 0.15) is 27.0 Å². The minimum Gasteiger partial charge on any atom is -0.463 e. The zero-order valence-electron chi connectivity index (χ0n) is 17.3. The molecule has 1 saturated heterocycles. The van der Waals surface area contributed by atoms with Crippen molar-refractivity contribution in [2.75, 3.05) is 6.61 Å². The lowest BCUT2D eigenvalue weighted by Crippen LogP contribution is -2.40. The molecule has 0 bridgehead atoms. The summed E-state index contributed by atoms with van der Waals surface area (Å²) in [5.41, 5.74) is 1.42. The molecule has 1 aliphatic rings. The molecule has 0 aliphatic carbocycles. The van der Waals surface area contributed by atoms with Crippen molar-refractivity contribution in [2.24, 2.45) is 0 Å². The predicted molar refractivity (Wildman–Crippen MR) is 108 cm³/mol. The van der Waals surface area contributed by atoms with E-state index >= 15 is 0 Å². The van der Waals surface area contributed by atoms with Crippen LogP contribution in [0.15, 0.2) is 24.2 Å². The average molecular weight is 461 g/mol. The fraction of sp³-hybridized carbons (Fsp3) is 0.421. The highest BCUT2D eigenvalue weighted by Gasteiger charge is 2.51. The number of esters is 3. The molecule has 0 aromatic carbocycles. The number of hydrogen-bond acceptors (Lipinski definition) is 12. The monoisotopic (exact) mass is 461 g/mol. The number of carbonyl (C=O) groups excluding carboxylic acids is 3. The van der Waals surface area contributed by atoms with Crippen LogP contribution in [0.3, 0.4) is 0 Å². The van der Waals surface area contributed by atoms with Gasteiger partial charge in [-0.1, -0.05) is 0 Å². The molecule has 168 valence electrons. The van der Waals surface area contributed by atoms with E-state index in [-0.39, 0.29) is 6.61 Å². The average Bonchev–Trinajstić information content (AvgIpc) is 3.46. The van der Waals surface area contributed by atoms with Gasteiger partial charge in [-0.25, -0.2) is 19.9 Å². The molecular weight excluding hydrogens is 442 g/mol. The molecule has 4 heterocycles. The van der Waals surface area contributed by atoms with Crippen molar-refractivity contribution in [3.63, 3.8) is 0 Å². The molecule has 4 atom stereocenters. The number of rotatable bonds is 6. The van der Waals surface area contributed by atoms with E-state index in [0.29, 0.717) is 21.9 Å². The summed E-state index contributed by atoms with van der Waals surface area (Å²) >= 11 is 1.40. The quantitative estimate of drug-likeness (QED) is 0.386. The number of fused-ring (bicyclic) bond motifs is 1. The third kappa shape index (κ3) is 4.29. The van der Waals surface area contributed by atoms with Gasteiger partial charge in [0.05, 0.1) is 6.33 Å². The van der Waals surface area contributed by atoms with E-state index in [2.05, 4.69) is 19.9 Å². The second-order valence-corrected chi connectivity index (χ2v) is 7.79. The molecule has 0 N–H and O–H groups in total. The van der Waals surface area contributed by atoms with Crippen molar-refractivity contribution < 1.29 is 33.3 Å². The van der Waals surface area contributed by atoms with Gasteiger partial charge in [0, 0.05) is 32.3 Å². The minimum absolute atomic E-state index is 0.201. The maximum Gasteiger partial charge on any atom is 0.303 e. The smallest absolute Gasteiger partial charge is 0.303 e. The summed E-state index contributed by atoms with van der Waals surface area (Å²) < 4.78 is 23.5. The molecule has 4 rings (SSSR count). The van der Waals surface area contributed by atoms with Gasteiger partial charge in [-0.15, -0.1) is 11.3 Å². The zero-order chi connectivity index (χ0) is 22.8. The highest BCUT2D eigenvalue weighted by molar-refractivity contribution is 7.13. The molecule has 13 heteroatoms. The lowest BCUT2D eigenvalue weighted by Gasteiger charge is -2.23. The number of ether oxygens (including phenoxy) is 4. The Kier molecular flexibility index (Phi) is 6.10. The summed E-state index contributed by atoms with van der Waals surface area (Å²) in [4.78, 5) is 52.1. The number of carbonyl (C=O) groups is 3. The Morgan fingerprint density at radius 3 is 2.44 bits per heavy atom. The predicted octanol–water partition coefficient (Wildman–Crippen LogP) is 1.27. The van der Waals surface area contributed by atoms with Crippen molar-refractivity contribution in [3.8, 4) is 10.7 Å². The first-order valence-electron chi connectivity index (χ1n) is 9.55. The Hall–Kier alpha value is -3.45. The first-order chi connectivity index (χ1) is 15.3. The van der Waals surface area contributed by atoms with E-state index in [1.54, 1.807) is 10.8 Å². The van der Waals surface area contributed by atoms with Crippen LogP contribution in [0.4, 0.5) is 0 Å². The largest absolute Gasteiger partial charge is 0.463 e. The van der Waals surface area contributed by atoms with Crippen LogP contribution in [0.25, 0.3) is 21.9 Å². The molecule has 0 saturated carbocycles. The Balaban J connectivity index is 1.75. The Morgan fingerprint density at radius 2 is 1.78 bits per heavy atom. The summed E-state index contributed by atoms with van der Waals surface area (Å²) in [6.07, 6.45) is 0.614. The third-order valence-electron chi connectivity index (χ3n) is 4.61. The Labute approximate surface area is 185 Å². The van der Waals surface area contributed by atoms with Gasteiger partial charge in [0.1, 0.15) is 35.3 Å². The Bertz CT molecular complexity index is 1150. The highest BCUT2D eigenvalue weighted by atomic mass is 32.1. The maximum absolute atomic E-state index is 11.8. The summed E-state index contributed by atoms with van der Waals surface area (Å²) in [6.45, 7) is 3.50. The molecule has 0 unspecified atom stereocenters. The summed E-state index contributed by atoms with van der Waals surface area (Å²) in [5, 5.41) is 2.48. The first kappa shape index (κ1) is 21.8. The molecule has 1 aliphatic heterocycles. The summed E-state index contributed by atoms with van der Waals surface area (Å²) in [5.74, 6) is -1.74. The molecule has 0 radical (unpaired) electrons. The fourth-order valence-corrected chi connectivity index (χ4v) is 4.09.